The Labute approximate surface area is 165 Å². The van der Waals surface area contributed by atoms with Gasteiger partial charge in [-0.3, -0.25) is 4.79 Å². The van der Waals surface area contributed by atoms with Crippen LogP contribution >= 0.6 is 11.6 Å². The van der Waals surface area contributed by atoms with Gasteiger partial charge in [-0.15, -0.1) is 0 Å². The van der Waals surface area contributed by atoms with Crippen molar-refractivity contribution in [2.24, 2.45) is 0 Å². The first-order valence-electron chi connectivity index (χ1n) is 8.78. The van der Waals surface area contributed by atoms with E-state index < -0.39 is 9.84 Å². The summed E-state index contributed by atoms with van der Waals surface area (Å²) in [5, 5.41) is 0.482. The fourth-order valence-electron chi connectivity index (χ4n) is 3.27. The van der Waals surface area contributed by atoms with Gasteiger partial charge >= 0.3 is 0 Å². The molecule has 1 aliphatic rings. The summed E-state index contributed by atoms with van der Waals surface area (Å²) in [4.78, 5) is 16.8. The van der Waals surface area contributed by atoms with Crippen molar-refractivity contribution in [3.8, 4) is 0 Å². The number of benzene rings is 2. The van der Waals surface area contributed by atoms with E-state index in [-0.39, 0.29) is 23.5 Å². The van der Waals surface area contributed by atoms with Crippen LogP contribution in [-0.4, -0.2) is 50.9 Å². The molecule has 0 N–H and O–H groups in total. The summed E-state index contributed by atoms with van der Waals surface area (Å²) < 4.78 is 23.9. The molecule has 1 fully saturated rings. The largest absolute Gasteiger partial charge is 0.378 e. The van der Waals surface area contributed by atoms with Crippen molar-refractivity contribution in [3.63, 3.8) is 0 Å². The van der Waals surface area contributed by atoms with Crippen LogP contribution in [0.2, 0.25) is 5.02 Å². The molecule has 27 heavy (non-hydrogen) atoms. The number of amides is 1. The summed E-state index contributed by atoms with van der Waals surface area (Å²) in [5.74, 6) is -0.0673. The topological polar surface area (TPSA) is 57.7 Å². The molecular formula is C20H23ClN2O3S. The third kappa shape index (κ3) is 4.82. The zero-order valence-electron chi connectivity index (χ0n) is 15.4. The Morgan fingerprint density at radius 2 is 1.85 bits per heavy atom. The van der Waals surface area contributed by atoms with Gasteiger partial charge in [0, 0.05) is 43.0 Å². The van der Waals surface area contributed by atoms with Crippen LogP contribution in [0.5, 0.6) is 0 Å². The molecule has 3 rings (SSSR count). The van der Waals surface area contributed by atoms with Crippen LogP contribution in [0.4, 0.5) is 5.69 Å². The summed E-state index contributed by atoms with van der Waals surface area (Å²) in [7, 11) is 0.830. The number of halogens is 1. The van der Waals surface area contributed by atoms with Crippen LogP contribution in [0, 0.1) is 0 Å². The van der Waals surface area contributed by atoms with E-state index in [4.69, 9.17) is 11.6 Å². The highest BCUT2D eigenvalue weighted by molar-refractivity contribution is 7.91. The molecule has 0 aliphatic carbocycles. The molecule has 1 amide bonds. The predicted molar refractivity (Wildman–Crippen MR) is 109 cm³/mol. The van der Waals surface area contributed by atoms with E-state index in [0.29, 0.717) is 23.6 Å². The van der Waals surface area contributed by atoms with Crippen LogP contribution < -0.4 is 4.90 Å². The van der Waals surface area contributed by atoms with Gasteiger partial charge in [0.2, 0.25) is 0 Å². The van der Waals surface area contributed by atoms with Gasteiger partial charge in [0.1, 0.15) is 0 Å². The second kappa shape index (κ2) is 7.90. The van der Waals surface area contributed by atoms with Crippen molar-refractivity contribution >= 4 is 33.0 Å². The van der Waals surface area contributed by atoms with Crippen LogP contribution in [-0.2, 0) is 16.4 Å². The number of sulfone groups is 1. The Bertz CT molecular complexity index is 926. The van der Waals surface area contributed by atoms with E-state index in [1.54, 1.807) is 29.2 Å². The second-order valence-corrected chi connectivity index (χ2v) is 9.73. The SMILES string of the molecule is CN(C)c1ccc(CN(C(=O)c2cccc(Cl)c2)C2CCS(=O)(=O)C2)cc1. The molecule has 1 aliphatic heterocycles. The number of anilines is 1. The molecule has 0 radical (unpaired) electrons. The average molecular weight is 407 g/mol. The summed E-state index contributed by atoms with van der Waals surface area (Å²) >= 11 is 6.03. The van der Waals surface area contributed by atoms with Gasteiger partial charge in [0.05, 0.1) is 11.5 Å². The van der Waals surface area contributed by atoms with Crippen LogP contribution in [0.3, 0.4) is 0 Å². The number of rotatable bonds is 5. The van der Waals surface area contributed by atoms with E-state index in [0.717, 1.165) is 11.3 Å². The molecule has 7 heteroatoms. The van der Waals surface area contributed by atoms with Crippen molar-refractivity contribution in [1.82, 2.24) is 4.90 Å². The lowest BCUT2D eigenvalue weighted by molar-refractivity contribution is 0.0681. The lowest BCUT2D eigenvalue weighted by Crippen LogP contribution is -2.40. The average Bonchev–Trinajstić information content (AvgIpc) is 2.99. The van der Waals surface area contributed by atoms with Crippen LogP contribution in [0.15, 0.2) is 48.5 Å². The molecule has 2 aromatic rings. The first-order valence-corrected chi connectivity index (χ1v) is 11.0. The summed E-state index contributed by atoms with van der Waals surface area (Å²) in [6.07, 6.45) is 0.463. The number of carbonyl (C=O) groups is 1. The van der Waals surface area contributed by atoms with E-state index in [9.17, 15) is 13.2 Å². The molecule has 1 unspecified atom stereocenters. The highest BCUT2D eigenvalue weighted by Crippen LogP contribution is 2.24. The second-order valence-electron chi connectivity index (χ2n) is 7.06. The normalized spacial score (nSPS) is 18.3. The minimum atomic E-state index is -3.10. The smallest absolute Gasteiger partial charge is 0.254 e. The first kappa shape index (κ1) is 19.7. The van der Waals surface area contributed by atoms with Crippen molar-refractivity contribution in [1.29, 1.82) is 0 Å². The lowest BCUT2D eigenvalue weighted by atomic mass is 10.1. The Morgan fingerprint density at radius 1 is 1.15 bits per heavy atom. The molecule has 0 spiro atoms. The van der Waals surface area contributed by atoms with Crippen LogP contribution in [0.1, 0.15) is 22.3 Å². The Balaban J connectivity index is 1.89. The minimum Gasteiger partial charge on any atom is -0.378 e. The third-order valence-electron chi connectivity index (χ3n) is 4.79. The van der Waals surface area contributed by atoms with Crippen molar-refractivity contribution in [3.05, 3.63) is 64.7 Å². The maximum Gasteiger partial charge on any atom is 0.254 e. The number of nitrogens with zero attached hydrogens (tertiary/aromatic N) is 2. The number of carbonyl (C=O) groups excluding carboxylic acids is 1. The Hall–Kier alpha value is -2.05. The van der Waals surface area contributed by atoms with E-state index in [1.807, 2.05) is 43.3 Å². The first-order chi connectivity index (χ1) is 12.7. The summed E-state index contributed by atoms with van der Waals surface area (Å²) in [6, 6.07) is 14.4. The molecule has 0 saturated carbocycles. The highest BCUT2D eigenvalue weighted by Gasteiger charge is 2.35. The molecular weight excluding hydrogens is 384 g/mol. The Morgan fingerprint density at radius 3 is 2.41 bits per heavy atom. The third-order valence-corrected chi connectivity index (χ3v) is 6.77. The van der Waals surface area contributed by atoms with Crippen LogP contribution in [0.25, 0.3) is 0 Å². The molecule has 1 heterocycles. The zero-order valence-corrected chi connectivity index (χ0v) is 17.0. The molecule has 5 nitrogen and oxygen atoms in total. The molecule has 1 atom stereocenters. The van der Waals surface area contributed by atoms with Gasteiger partial charge in [-0.05, 0) is 42.3 Å². The highest BCUT2D eigenvalue weighted by atomic mass is 35.5. The van der Waals surface area contributed by atoms with Gasteiger partial charge in [0.25, 0.3) is 5.91 Å². The lowest BCUT2D eigenvalue weighted by Gasteiger charge is -2.29. The summed E-state index contributed by atoms with van der Waals surface area (Å²) in [6.45, 7) is 0.360. The van der Waals surface area contributed by atoms with E-state index >= 15 is 0 Å². The van der Waals surface area contributed by atoms with Crippen molar-refractivity contribution in [2.45, 2.75) is 19.0 Å². The van der Waals surface area contributed by atoms with Crippen molar-refractivity contribution < 1.29 is 13.2 Å². The predicted octanol–water partition coefficient (Wildman–Crippen LogP) is 3.24. The molecule has 1 saturated heterocycles. The van der Waals surface area contributed by atoms with Gasteiger partial charge in [-0.1, -0.05) is 29.8 Å². The van der Waals surface area contributed by atoms with Gasteiger partial charge < -0.3 is 9.80 Å². The molecule has 2 aromatic carbocycles. The fourth-order valence-corrected chi connectivity index (χ4v) is 5.19. The maximum atomic E-state index is 13.1. The van der Waals surface area contributed by atoms with Gasteiger partial charge in [-0.25, -0.2) is 8.42 Å². The molecule has 0 aromatic heterocycles. The molecule has 0 bridgehead atoms. The fraction of sp³-hybridized carbons (Fsp3) is 0.350. The monoisotopic (exact) mass is 406 g/mol. The van der Waals surface area contributed by atoms with E-state index in [2.05, 4.69) is 0 Å². The van der Waals surface area contributed by atoms with E-state index in [1.165, 1.54) is 0 Å². The van der Waals surface area contributed by atoms with Gasteiger partial charge in [0.15, 0.2) is 9.84 Å². The maximum absolute atomic E-state index is 13.1. The summed E-state index contributed by atoms with van der Waals surface area (Å²) in [5.41, 5.74) is 2.49. The van der Waals surface area contributed by atoms with Gasteiger partial charge in [-0.2, -0.15) is 0 Å². The standard InChI is InChI=1S/C20H23ClN2O3S/c1-22(2)18-8-6-15(7-9-18)13-23(19-10-11-27(25,26)14-19)20(24)16-4-3-5-17(21)12-16/h3-9,12,19H,10-11,13-14H2,1-2H3. The molecule has 144 valence electrons. The number of hydrogen-bond acceptors (Lipinski definition) is 4. The van der Waals surface area contributed by atoms with Crippen molar-refractivity contribution in [2.75, 3.05) is 30.5 Å². The Kier molecular flexibility index (Phi) is 5.77. The quantitative estimate of drug-likeness (QED) is 0.764. The minimum absolute atomic E-state index is 0.00901. The zero-order chi connectivity index (χ0) is 19.6. The number of hydrogen-bond donors (Lipinski definition) is 0.